The van der Waals surface area contributed by atoms with E-state index in [0.29, 0.717) is 35.8 Å². The Labute approximate surface area is 229 Å². The molecule has 2 aliphatic heterocycles. The Morgan fingerprint density at radius 2 is 1.64 bits per heavy atom. The summed E-state index contributed by atoms with van der Waals surface area (Å²) in [5.74, 6) is 0.280. The molecule has 9 heteroatoms. The Morgan fingerprint density at radius 1 is 0.872 bits per heavy atom. The van der Waals surface area contributed by atoms with Gasteiger partial charge in [0, 0.05) is 62.8 Å². The quantitative estimate of drug-likeness (QED) is 0.485. The summed E-state index contributed by atoms with van der Waals surface area (Å²) in [6, 6.07) is 18.7. The highest BCUT2D eigenvalue weighted by molar-refractivity contribution is 6.06. The molecule has 2 saturated heterocycles. The number of likely N-dealkylation sites (N-methyl/N-ethyl adjacent to an activating group) is 1. The van der Waals surface area contributed by atoms with Crippen LogP contribution in [0.25, 0.3) is 0 Å². The lowest BCUT2D eigenvalue weighted by molar-refractivity contribution is 0.101. The topological polar surface area (TPSA) is 90.0 Å². The predicted octanol–water partition coefficient (Wildman–Crippen LogP) is 3.48. The molecular weight excluding hydrogens is 492 g/mol. The van der Waals surface area contributed by atoms with Crippen molar-refractivity contribution < 1.29 is 14.3 Å². The van der Waals surface area contributed by atoms with Gasteiger partial charge in [-0.15, -0.1) is 0 Å². The van der Waals surface area contributed by atoms with Gasteiger partial charge >= 0.3 is 0 Å². The van der Waals surface area contributed by atoms with E-state index in [4.69, 9.17) is 4.74 Å². The number of ether oxygens (including phenoxy) is 1. The van der Waals surface area contributed by atoms with Gasteiger partial charge in [-0.2, -0.15) is 0 Å². The van der Waals surface area contributed by atoms with Crippen LogP contribution < -0.4 is 15.5 Å². The monoisotopic (exact) mass is 528 g/mol. The maximum atomic E-state index is 13.2. The number of amides is 2. The second-order valence-corrected chi connectivity index (χ2v) is 10.2. The van der Waals surface area contributed by atoms with Gasteiger partial charge in [0.1, 0.15) is 11.5 Å². The number of hydrogen-bond acceptors (Lipinski definition) is 7. The van der Waals surface area contributed by atoms with Crippen LogP contribution >= 0.6 is 0 Å². The Balaban J connectivity index is 1.23. The SMILES string of the molecule is Cc1ccc(NC(=O)c2cccc(N3CCOCC3)n2)cc1NC(=O)c1cccc(CN2CCN(C)CC2)c1. The standard InChI is InChI=1S/C30H36N6O3/c1-22-9-10-25(31-30(38)26-7-4-8-28(32-26)36-15-17-39-18-16-36)20-27(22)33-29(37)24-6-3-5-23(19-24)21-35-13-11-34(2)12-14-35/h3-10,19-20H,11-18,21H2,1-2H3,(H,31,38)(H,33,37). The molecule has 2 N–H and O–H groups in total. The summed E-state index contributed by atoms with van der Waals surface area (Å²) in [5, 5.41) is 5.95. The molecule has 0 spiro atoms. The van der Waals surface area contributed by atoms with E-state index < -0.39 is 0 Å². The summed E-state index contributed by atoms with van der Waals surface area (Å²) in [5.41, 5.74) is 4.21. The van der Waals surface area contributed by atoms with Crippen molar-refractivity contribution in [1.82, 2.24) is 14.8 Å². The van der Waals surface area contributed by atoms with E-state index in [2.05, 4.69) is 43.4 Å². The van der Waals surface area contributed by atoms with Gasteiger partial charge in [0.05, 0.1) is 13.2 Å². The number of aromatic nitrogens is 1. The number of aryl methyl sites for hydroxylation is 1. The molecule has 39 heavy (non-hydrogen) atoms. The van der Waals surface area contributed by atoms with Gasteiger partial charge in [-0.1, -0.05) is 24.3 Å². The van der Waals surface area contributed by atoms with Crippen LogP contribution in [0.2, 0.25) is 0 Å². The molecule has 2 aliphatic rings. The van der Waals surface area contributed by atoms with Crippen LogP contribution in [-0.4, -0.2) is 86.1 Å². The Kier molecular flexibility index (Phi) is 8.51. The lowest BCUT2D eigenvalue weighted by Crippen LogP contribution is -2.43. The minimum Gasteiger partial charge on any atom is -0.378 e. The number of nitrogens with zero attached hydrogens (tertiary/aromatic N) is 4. The molecule has 2 amide bonds. The van der Waals surface area contributed by atoms with E-state index >= 15 is 0 Å². The Bertz CT molecular complexity index is 1320. The molecular formula is C30H36N6O3. The highest BCUT2D eigenvalue weighted by atomic mass is 16.5. The number of carbonyl (C=O) groups is 2. The summed E-state index contributed by atoms with van der Waals surface area (Å²) in [4.78, 5) is 37.6. The highest BCUT2D eigenvalue weighted by Gasteiger charge is 2.17. The smallest absolute Gasteiger partial charge is 0.274 e. The molecule has 3 aromatic rings. The average Bonchev–Trinajstić information content (AvgIpc) is 2.96. The van der Waals surface area contributed by atoms with Gasteiger partial charge in [-0.3, -0.25) is 14.5 Å². The summed E-state index contributed by atoms with van der Waals surface area (Å²) in [7, 11) is 2.14. The molecule has 0 bridgehead atoms. The van der Waals surface area contributed by atoms with Crippen LogP contribution in [0.5, 0.6) is 0 Å². The molecule has 0 aliphatic carbocycles. The zero-order chi connectivity index (χ0) is 27.2. The van der Waals surface area contributed by atoms with Crippen LogP contribution in [-0.2, 0) is 11.3 Å². The fraction of sp³-hybridized carbons (Fsp3) is 0.367. The second-order valence-electron chi connectivity index (χ2n) is 10.2. The van der Waals surface area contributed by atoms with Crippen molar-refractivity contribution in [2.75, 3.05) is 75.1 Å². The third-order valence-electron chi connectivity index (χ3n) is 7.24. The fourth-order valence-electron chi connectivity index (χ4n) is 4.82. The maximum absolute atomic E-state index is 13.2. The van der Waals surface area contributed by atoms with Gasteiger partial charge in [-0.05, 0) is 61.5 Å². The molecule has 3 heterocycles. The average molecular weight is 529 g/mol. The first-order valence-electron chi connectivity index (χ1n) is 13.5. The zero-order valence-electron chi connectivity index (χ0n) is 22.7. The van der Waals surface area contributed by atoms with Crippen molar-refractivity contribution >= 4 is 29.0 Å². The van der Waals surface area contributed by atoms with Crippen LogP contribution in [0, 0.1) is 6.92 Å². The Morgan fingerprint density at radius 3 is 2.44 bits per heavy atom. The van der Waals surface area contributed by atoms with Crippen LogP contribution in [0.3, 0.4) is 0 Å². The minimum absolute atomic E-state index is 0.179. The van der Waals surface area contributed by atoms with Gasteiger partial charge in [0.25, 0.3) is 11.8 Å². The number of morpholine rings is 1. The van der Waals surface area contributed by atoms with Crippen molar-refractivity contribution in [2.24, 2.45) is 0 Å². The molecule has 2 fully saturated rings. The molecule has 0 saturated carbocycles. The molecule has 204 valence electrons. The number of anilines is 3. The molecule has 0 radical (unpaired) electrons. The highest BCUT2D eigenvalue weighted by Crippen LogP contribution is 2.22. The molecule has 5 rings (SSSR count). The minimum atomic E-state index is -0.303. The number of pyridine rings is 1. The van der Waals surface area contributed by atoms with Crippen LogP contribution in [0.1, 0.15) is 32.0 Å². The van der Waals surface area contributed by atoms with E-state index in [9.17, 15) is 9.59 Å². The summed E-state index contributed by atoms with van der Waals surface area (Å²) in [6.45, 7) is 9.72. The van der Waals surface area contributed by atoms with E-state index in [-0.39, 0.29) is 11.8 Å². The van der Waals surface area contributed by atoms with Crippen LogP contribution in [0.15, 0.2) is 60.7 Å². The summed E-state index contributed by atoms with van der Waals surface area (Å²) < 4.78 is 5.41. The first-order valence-corrected chi connectivity index (χ1v) is 13.5. The Hall–Kier alpha value is -3.79. The molecule has 1 aromatic heterocycles. The lowest BCUT2D eigenvalue weighted by Gasteiger charge is -2.32. The fourth-order valence-corrected chi connectivity index (χ4v) is 4.82. The molecule has 9 nitrogen and oxygen atoms in total. The lowest BCUT2D eigenvalue weighted by atomic mass is 10.1. The number of rotatable bonds is 7. The van der Waals surface area contributed by atoms with E-state index in [1.54, 1.807) is 12.1 Å². The largest absolute Gasteiger partial charge is 0.378 e. The normalized spacial score (nSPS) is 16.6. The van der Waals surface area contributed by atoms with Crippen molar-refractivity contribution in [3.63, 3.8) is 0 Å². The second kappa shape index (κ2) is 12.4. The third-order valence-corrected chi connectivity index (χ3v) is 7.24. The first kappa shape index (κ1) is 26.8. The number of nitrogens with one attached hydrogen (secondary N) is 2. The van der Waals surface area contributed by atoms with Crippen molar-refractivity contribution in [1.29, 1.82) is 0 Å². The predicted molar refractivity (Wildman–Crippen MR) is 154 cm³/mol. The van der Waals surface area contributed by atoms with Gasteiger partial charge in [-0.25, -0.2) is 4.98 Å². The van der Waals surface area contributed by atoms with Crippen LogP contribution in [0.4, 0.5) is 17.2 Å². The number of carbonyl (C=O) groups excluding carboxylic acids is 2. The first-order chi connectivity index (χ1) is 18.9. The van der Waals surface area contributed by atoms with Crippen molar-refractivity contribution in [3.8, 4) is 0 Å². The number of piperazine rings is 1. The summed E-state index contributed by atoms with van der Waals surface area (Å²) >= 11 is 0. The van der Waals surface area contributed by atoms with Crippen molar-refractivity contribution in [2.45, 2.75) is 13.5 Å². The van der Waals surface area contributed by atoms with E-state index in [1.165, 1.54) is 0 Å². The molecule has 0 atom stereocenters. The maximum Gasteiger partial charge on any atom is 0.274 e. The van der Waals surface area contributed by atoms with Gasteiger partial charge in [0.15, 0.2) is 0 Å². The molecule has 0 unspecified atom stereocenters. The van der Waals surface area contributed by atoms with E-state index in [0.717, 1.165) is 62.8 Å². The van der Waals surface area contributed by atoms with Gasteiger partial charge < -0.3 is 25.2 Å². The summed E-state index contributed by atoms with van der Waals surface area (Å²) in [6.07, 6.45) is 0. The number of hydrogen-bond donors (Lipinski definition) is 2. The number of benzene rings is 2. The van der Waals surface area contributed by atoms with E-state index in [1.807, 2.05) is 49.4 Å². The van der Waals surface area contributed by atoms with Gasteiger partial charge in [0.2, 0.25) is 0 Å². The molecule has 2 aromatic carbocycles. The van der Waals surface area contributed by atoms with Crippen molar-refractivity contribution in [3.05, 3.63) is 83.0 Å². The third kappa shape index (κ3) is 7.00. The zero-order valence-corrected chi connectivity index (χ0v) is 22.7.